The highest BCUT2D eigenvalue weighted by Crippen LogP contribution is 2.20. The average Bonchev–Trinajstić information content (AvgIpc) is 2.34. The van der Waals surface area contributed by atoms with Gasteiger partial charge in [0.1, 0.15) is 0 Å². The van der Waals surface area contributed by atoms with Crippen LogP contribution in [0.2, 0.25) is 5.15 Å². The van der Waals surface area contributed by atoms with Gasteiger partial charge in [-0.3, -0.25) is 0 Å². The summed E-state index contributed by atoms with van der Waals surface area (Å²) in [6.45, 7) is 0.757. The molecule has 2 rings (SSSR count). The Morgan fingerprint density at radius 3 is 2.71 bits per heavy atom. The molecule has 0 aliphatic carbocycles. The predicted molar refractivity (Wildman–Crippen MR) is 67.6 cm³/mol. The summed E-state index contributed by atoms with van der Waals surface area (Å²) >= 11 is 5.62. The van der Waals surface area contributed by atoms with Crippen LogP contribution < -0.4 is 5.32 Å². The van der Waals surface area contributed by atoms with Crippen molar-refractivity contribution in [1.82, 2.24) is 10.3 Å². The summed E-state index contributed by atoms with van der Waals surface area (Å²) in [6, 6.07) is 7.08. The Morgan fingerprint density at radius 1 is 1.35 bits per heavy atom. The van der Waals surface area contributed by atoms with E-state index in [2.05, 4.69) is 10.3 Å². The molecular weight excluding hydrogens is 243 g/mol. The SMILES string of the molecule is CNCc1ccc2cc(F)c(Cl)nc2c1.CO. The second-order valence-electron chi connectivity index (χ2n) is 3.32. The molecular formula is C12H14ClFN2O. The molecule has 92 valence electrons. The van der Waals surface area contributed by atoms with Gasteiger partial charge in [-0.25, -0.2) is 9.37 Å². The highest BCUT2D eigenvalue weighted by atomic mass is 35.5. The van der Waals surface area contributed by atoms with Gasteiger partial charge in [-0.15, -0.1) is 0 Å². The molecule has 0 atom stereocenters. The van der Waals surface area contributed by atoms with Gasteiger partial charge in [0.25, 0.3) is 0 Å². The fraction of sp³-hybridized carbons (Fsp3) is 0.250. The monoisotopic (exact) mass is 256 g/mol. The summed E-state index contributed by atoms with van der Waals surface area (Å²) in [7, 11) is 2.87. The molecule has 2 N–H and O–H groups in total. The van der Waals surface area contributed by atoms with E-state index in [9.17, 15) is 4.39 Å². The van der Waals surface area contributed by atoms with Crippen molar-refractivity contribution in [1.29, 1.82) is 0 Å². The molecule has 0 spiro atoms. The molecule has 0 unspecified atom stereocenters. The van der Waals surface area contributed by atoms with E-state index in [4.69, 9.17) is 16.7 Å². The van der Waals surface area contributed by atoms with Gasteiger partial charge in [0.15, 0.2) is 11.0 Å². The largest absolute Gasteiger partial charge is 0.400 e. The molecule has 1 heterocycles. The fourth-order valence-corrected chi connectivity index (χ4v) is 1.62. The lowest BCUT2D eigenvalue weighted by Crippen LogP contribution is -2.04. The molecule has 0 amide bonds. The van der Waals surface area contributed by atoms with Crippen molar-refractivity contribution in [2.24, 2.45) is 0 Å². The molecule has 1 aromatic heterocycles. The molecule has 0 fully saturated rings. The van der Waals surface area contributed by atoms with Crippen LogP contribution in [-0.4, -0.2) is 24.2 Å². The predicted octanol–water partition coefficient (Wildman–Crippen LogP) is 2.36. The zero-order valence-electron chi connectivity index (χ0n) is 9.67. The highest BCUT2D eigenvalue weighted by molar-refractivity contribution is 6.29. The van der Waals surface area contributed by atoms with E-state index >= 15 is 0 Å². The van der Waals surface area contributed by atoms with E-state index in [-0.39, 0.29) is 5.15 Å². The van der Waals surface area contributed by atoms with Crippen LogP contribution in [0.5, 0.6) is 0 Å². The first kappa shape index (κ1) is 13.8. The number of halogens is 2. The maximum atomic E-state index is 13.1. The van der Waals surface area contributed by atoms with E-state index < -0.39 is 5.82 Å². The normalized spacial score (nSPS) is 9.94. The van der Waals surface area contributed by atoms with Crippen LogP contribution in [0.15, 0.2) is 24.3 Å². The lowest BCUT2D eigenvalue weighted by Gasteiger charge is -2.03. The van der Waals surface area contributed by atoms with Crippen LogP contribution in [0.25, 0.3) is 10.9 Å². The molecule has 0 saturated heterocycles. The van der Waals surface area contributed by atoms with Crippen molar-refractivity contribution < 1.29 is 9.50 Å². The number of hydrogen-bond acceptors (Lipinski definition) is 3. The molecule has 0 saturated carbocycles. The van der Waals surface area contributed by atoms with Gasteiger partial charge in [0, 0.05) is 19.0 Å². The smallest absolute Gasteiger partial charge is 0.165 e. The minimum absolute atomic E-state index is 0.0795. The Kier molecular flexibility index (Phi) is 5.28. The van der Waals surface area contributed by atoms with Crippen LogP contribution in [0, 0.1) is 5.82 Å². The van der Waals surface area contributed by atoms with E-state index in [0.717, 1.165) is 24.6 Å². The number of rotatable bonds is 2. The Balaban J connectivity index is 0.000000686. The Morgan fingerprint density at radius 2 is 2.06 bits per heavy atom. The van der Waals surface area contributed by atoms with Gasteiger partial charge in [0.2, 0.25) is 0 Å². The highest BCUT2D eigenvalue weighted by Gasteiger charge is 2.04. The Bertz CT molecular complexity index is 505. The lowest BCUT2D eigenvalue weighted by atomic mass is 10.1. The zero-order valence-corrected chi connectivity index (χ0v) is 10.4. The number of benzene rings is 1. The van der Waals surface area contributed by atoms with Gasteiger partial charge >= 0.3 is 0 Å². The van der Waals surface area contributed by atoms with Gasteiger partial charge in [-0.2, -0.15) is 0 Å². The standard InChI is InChI=1S/C11H10ClFN2.CH4O/c1-14-6-7-2-3-8-5-9(13)11(12)15-10(8)4-7;1-2/h2-5,14H,6H2,1H3;2H,1H3. The third kappa shape index (κ3) is 3.36. The van der Waals surface area contributed by atoms with Crippen molar-refractivity contribution in [2.45, 2.75) is 6.54 Å². The second kappa shape index (κ2) is 6.49. The van der Waals surface area contributed by atoms with Crippen molar-refractivity contribution >= 4 is 22.5 Å². The second-order valence-corrected chi connectivity index (χ2v) is 3.68. The van der Waals surface area contributed by atoms with Crippen LogP contribution in [0.1, 0.15) is 5.56 Å². The molecule has 1 aromatic carbocycles. The third-order valence-electron chi connectivity index (χ3n) is 2.17. The maximum absolute atomic E-state index is 13.1. The first-order valence-electron chi connectivity index (χ1n) is 5.04. The van der Waals surface area contributed by atoms with Crippen molar-refractivity contribution in [3.8, 4) is 0 Å². The molecule has 5 heteroatoms. The number of hydrogen-bond donors (Lipinski definition) is 2. The minimum atomic E-state index is -0.481. The van der Waals surface area contributed by atoms with Gasteiger partial charge in [-0.1, -0.05) is 23.7 Å². The van der Waals surface area contributed by atoms with E-state index in [0.29, 0.717) is 5.52 Å². The quantitative estimate of drug-likeness (QED) is 0.811. The summed E-state index contributed by atoms with van der Waals surface area (Å²) in [5.74, 6) is -0.481. The summed E-state index contributed by atoms with van der Waals surface area (Å²) in [5.41, 5.74) is 1.81. The topological polar surface area (TPSA) is 45.2 Å². The summed E-state index contributed by atoms with van der Waals surface area (Å²) in [4.78, 5) is 3.98. The molecule has 3 nitrogen and oxygen atoms in total. The van der Waals surface area contributed by atoms with Gasteiger partial charge < -0.3 is 10.4 Å². The van der Waals surface area contributed by atoms with Crippen LogP contribution in [0.4, 0.5) is 4.39 Å². The van der Waals surface area contributed by atoms with Gasteiger partial charge in [-0.05, 0) is 24.7 Å². The summed E-state index contributed by atoms with van der Waals surface area (Å²) < 4.78 is 13.1. The third-order valence-corrected chi connectivity index (χ3v) is 2.44. The molecule has 0 aliphatic heterocycles. The number of aliphatic hydroxyl groups excluding tert-OH is 1. The van der Waals surface area contributed by atoms with Crippen LogP contribution >= 0.6 is 11.6 Å². The van der Waals surface area contributed by atoms with E-state index in [1.54, 1.807) is 0 Å². The Labute approximate surface area is 104 Å². The molecule has 2 aromatic rings. The van der Waals surface area contributed by atoms with E-state index in [1.807, 2.05) is 25.2 Å². The Hall–Kier alpha value is -1.23. The van der Waals surface area contributed by atoms with Gasteiger partial charge in [0.05, 0.1) is 5.52 Å². The van der Waals surface area contributed by atoms with Crippen molar-refractivity contribution in [3.63, 3.8) is 0 Å². The maximum Gasteiger partial charge on any atom is 0.165 e. The van der Waals surface area contributed by atoms with E-state index in [1.165, 1.54) is 6.07 Å². The lowest BCUT2D eigenvalue weighted by molar-refractivity contribution is 0.399. The summed E-state index contributed by atoms with van der Waals surface area (Å²) in [5, 5.41) is 10.7. The zero-order chi connectivity index (χ0) is 12.8. The molecule has 0 bridgehead atoms. The number of pyridine rings is 1. The average molecular weight is 257 g/mol. The number of nitrogens with one attached hydrogen (secondary N) is 1. The molecule has 17 heavy (non-hydrogen) atoms. The molecule has 0 radical (unpaired) electrons. The first-order valence-corrected chi connectivity index (χ1v) is 5.42. The summed E-state index contributed by atoms with van der Waals surface area (Å²) in [6.07, 6.45) is 0. The van der Waals surface area contributed by atoms with Crippen LogP contribution in [-0.2, 0) is 6.54 Å². The number of nitrogens with zero attached hydrogens (tertiary/aromatic N) is 1. The van der Waals surface area contributed by atoms with Crippen molar-refractivity contribution in [2.75, 3.05) is 14.2 Å². The van der Waals surface area contributed by atoms with Crippen molar-refractivity contribution in [3.05, 3.63) is 40.8 Å². The number of aromatic nitrogens is 1. The fourth-order valence-electron chi connectivity index (χ4n) is 1.48. The minimum Gasteiger partial charge on any atom is -0.400 e. The molecule has 0 aliphatic rings. The number of aliphatic hydroxyl groups is 1. The first-order chi connectivity index (χ1) is 8.20. The number of fused-ring (bicyclic) bond motifs is 1. The van der Waals surface area contributed by atoms with Crippen LogP contribution in [0.3, 0.4) is 0 Å².